The maximum absolute atomic E-state index is 5.62. The van der Waals surface area contributed by atoms with Gasteiger partial charge in [-0.05, 0) is 12.8 Å². The van der Waals surface area contributed by atoms with Crippen LogP contribution in [-0.4, -0.2) is 38.8 Å². The minimum atomic E-state index is -0.0751. The maximum atomic E-state index is 5.62. The molecule has 4 heteroatoms. The molecule has 0 spiro atoms. The molecule has 0 aromatic heterocycles. The van der Waals surface area contributed by atoms with Gasteiger partial charge in [0.1, 0.15) is 0 Å². The van der Waals surface area contributed by atoms with Crippen molar-refractivity contribution in [2.75, 3.05) is 26.4 Å². The summed E-state index contributed by atoms with van der Waals surface area (Å²) in [7, 11) is 0. The van der Waals surface area contributed by atoms with Gasteiger partial charge in [-0.3, -0.25) is 0 Å². The molecular weight excluding hydrogens is 170 g/mol. The summed E-state index contributed by atoms with van der Waals surface area (Å²) in [5.41, 5.74) is 5.49. The third kappa shape index (κ3) is 2.20. The Morgan fingerprint density at radius 3 is 2.85 bits per heavy atom. The summed E-state index contributed by atoms with van der Waals surface area (Å²) in [6.07, 6.45) is 2.27. The fourth-order valence-corrected chi connectivity index (χ4v) is 1.82. The van der Waals surface area contributed by atoms with E-state index in [-0.39, 0.29) is 12.4 Å². The van der Waals surface area contributed by atoms with Crippen LogP contribution in [0.25, 0.3) is 0 Å². The highest BCUT2D eigenvalue weighted by Gasteiger charge is 2.32. The van der Waals surface area contributed by atoms with Crippen molar-refractivity contribution < 1.29 is 14.2 Å². The van der Waals surface area contributed by atoms with Crippen LogP contribution < -0.4 is 5.73 Å². The van der Waals surface area contributed by atoms with Crippen molar-refractivity contribution in [3.63, 3.8) is 0 Å². The first kappa shape index (κ1) is 9.40. The molecule has 0 aromatic rings. The van der Waals surface area contributed by atoms with Crippen molar-refractivity contribution in [1.82, 2.24) is 0 Å². The summed E-state index contributed by atoms with van der Waals surface area (Å²) in [5, 5.41) is 0. The van der Waals surface area contributed by atoms with Gasteiger partial charge in [0, 0.05) is 19.1 Å². The predicted octanol–water partition coefficient (Wildman–Crippen LogP) is 0.113. The van der Waals surface area contributed by atoms with Gasteiger partial charge in [0.2, 0.25) is 0 Å². The molecule has 0 bridgehead atoms. The van der Waals surface area contributed by atoms with Crippen molar-refractivity contribution in [2.45, 2.75) is 25.2 Å². The molecule has 0 aromatic carbocycles. The lowest BCUT2D eigenvalue weighted by atomic mass is 10.0. The lowest BCUT2D eigenvalue weighted by Gasteiger charge is -2.26. The highest BCUT2D eigenvalue weighted by Crippen LogP contribution is 2.25. The van der Waals surface area contributed by atoms with Gasteiger partial charge in [0.25, 0.3) is 0 Å². The minimum Gasteiger partial charge on any atom is -0.381 e. The zero-order valence-electron chi connectivity index (χ0n) is 7.78. The Balaban J connectivity index is 1.80. The number of hydrogen-bond donors (Lipinski definition) is 1. The van der Waals surface area contributed by atoms with Crippen LogP contribution >= 0.6 is 0 Å². The smallest absolute Gasteiger partial charge is 0.163 e. The maximum Gasteiger partial charge on any atom is 0.163 e. The zero-order valence-corrected chi connectivity index (χ0v) is 7.78. The van der Waals surface area contributed by atoms with Gasteiger partial charge >= 0.3 is 0 Å². The molecule has 0 radical (unpaired) electrons. The highest BCUT2D eigenvalue weighted by atomic mass is 16.7. The Hall–Kier alpha value is -0.160. The van der Waals surface area contributed by atoms with Crippen LogP contribution in [0.4, 0.5) is 0 Å². The molecule has 2 heterocycles. The molecule has 3 atom stereocenters. The number of nitrogens with two attached hydrogens (primary N) is 1. The van der Waals surface area contributed by atoms with E-state index in [9.17, 15) is 0 Å². The molecule has 2 aliphatic heterocycles. The number of rotatable bonds is 2. The van der Waals surface area contributed by atoms with Gasteiger partial charge in [0.05, 0.1) is 19.3 Å². The van der Waals surface area contributed by atoms with E-state index in [1.807, 2.05) is 0 Å². The summed E-state index contributed by atoms with van der Waals surface area (Å²) in [6.45, 7) is 2.83. The Morgan fingerprint density at radius 2 is 2.23 bits per heavy atom. The van der Waals surface area contributed by atoms with Crippen LogP contribution in [0.2, 0.25) is 0 Å². The molecule has 0 aliphatic carbocycles. The molecule has 2 rings (SSSR count). The van der Waals surface area contributed by atoms with Gasteiger partial charge in [-0.1, -0.05) is 0 Å². The second kappa shape index (κ2) is 4.37. The van der Waals surface area contributed by atoms with Crippen LogP contribution in [0.3, 0.4) is 0 Å². The quantitative estimate of drug-likeness (QED) is 0.667. The Kier molecular flexibility index (Phi) is 3.16. The monoisotopic (exact) mass is 187 g/mol. The van der Waals surface area contributed by atoms with Crippen LogP contribution in [0, 0.1) is 5.92 Å². The van der Waals surface area contributed by atoms with Gasteiger partial charge in [0.15, 0.2) is 6.29 Å². The first-order chi connectivity index (χ1) is 6.40. The molecule has 13 heavy (non-hydrogen) atoms. The van der Waals surface area contributed by atoms with Crippen molar-refractivity contribution >= 4 is 0 Å². The van der Waals surface area contributed by atoms with E-state index in [0.29, 0.717) is 19.1 Å². The molecule has 0 saturated carbocycles. The predicted molar refractivity (Wildman–Crippen MR) is 47.2 cm³/mol. The van der Waals surface area contributed by atoms with Gasteiger partial charge < -0.3 is 19.9 Å². The average Bonchev–Trinajstić information content (AvgIpc) is 2.67. The summed E-state index contributed by atoms with van der Waals surface area (Å²) in [4.78, 5) is 0. The summed E-state index contributed by atoms with van der Waals surface area (Å²) < 4.78 is 16.5. The van der Waals surface area contributed by atoms with Crippen LogP contribution in [0.5, 0.6) is 0 Å². The Labute approximate surface area is 78.3 Å². The van der Waals surface area contributed by atoms with Gasteiger partial charge in [-0.25, -0.2) is 0 Å². The highest BCUT2D eigenvalue weighted by molar-refractivity contribution is 4.73. The standard InChI is InChI=1S/C9H17NO3/c10-4-8-6-12-9(13-8)7-2-1-3-11-5-7/h7-9H,1-6,10H2. The molecule has 2 N–H and O–H groups in total. The Bertz CT molecular complexity index is 159. The van der Waals surface area contributed by atoms with E-state index in [0.717, 1.165) is 26.1 Å². The summed E-state index contributed by atoms with van der Waals surface area (Å²) >= 11 is 0. The van der Waals surface area contributed by atoms with Crippen molar-refractivity contribution in [2.24, 2.45) is 11.7 Å². The normalized spacial score (nSPS) is 40.8. The SMILES string of the molecule is NCC1COC(C2CCCOC2)O1. The second-order valence-electron chi connectivity index (χ2n) is 3.67. The van der Waals surface area contributed by atoms with Crippen molar-refractivity contribution in [3.05, 3.63) is 0 Å². The van der Waals surface area contributed by atoms with E-state index < -0.39 is 0 Å². The molecule has 4 nitrogen and oxygen atoms in total. The first-order valence-electron chi connectivity index (χ1n) is 4.95. The van der Waals surface area contributed by atoms with E-state index in [4.69, 9.17) is 19.9 Å². The average molecular weight is 187 g/mol. The zero-order chi connectivity index (χ0) is 9.10. The minimum absolute atomic E-state index is 0.0751. The van der Waals surface area contributed by atoms with E-state index in [1.165, 1.54) is 0 Å². The first-order valence-corrected chi connectivity index (χ1v) is 4.95. The van der Waals surface area contributed by atoms with Crippen molar-refractivity contribution in [3.8, 4) is 0 Å². The van der Waals surface area contributed by atoms with Gasteiger partial charge in [-0.15, -0.1) is 0 Å². The number of ether oxygens (including phenoxy) is 3. The van der Waals surface area contributed by atoms with Crippen LogP contribution in [0.1, 0.15) is 12.8 Å². The fraction of sp³-hybridized carbons (Fsp3) is 1.00. The third-order valence-corrected chi connectivity index (χ3v) is 2.62. The lowest BCUT2D eigenvalue weighted by molar-refractivity contribution is -0.128. The third-order valence-electron chi connectivity index (χ3n) is 2.62. The van der Waals surface area contributed by atoms with Crippen LogP contribution in [0.15, 0.2) is 0 Å². The Morgan fingerprint density at radius 1 is 1.31 bits per heavy atom. The van der Waals surface area contributed by atoms with E-state index in [2.05, 4.69) is 0 Å². The van der Waals surface area contributed by atoms with E-state index >= 15 is 0 Å². The molecule has 2 aliphatic rings. The molecule has 76 valence electrons. The second-order valence-corrected chi connectivity index (χ2v) is 3.67. The molecule has 0 amide bonds. The van der Waals surface area contributed by atoms with Gasteiger partial charge in [-0.2, -0.15) is 0 Å². The summed E-state index contributed by atoms with van der Waals surface area (Å²) in [5.74, 6) is 0.408. The van der Waals surface area contributed by atoms with Crippen molar-refractivity contribution in [1.29, 1.82) is 0 Å². The molecule has 3 unspecified atom stereocenters. The topological polar surface area (TPSA) is 53.7 Å². The number of hydrogen-bond acceptors (Lipinski definition) is 4. The van der Waals surface area contributed by atoms with Crippen LogP contribution in [-0.2, 0) is 14.2 Å². The molecule has 2 fully saturated rings. The fourth-order valence-electron chi connectivity index (χ4n) is 1.82. The van der Waals surface area contributed by atoms with E-state index in [1.54, 1.807) is 0 Å². The summed E-state index contributed by atoms with van der Waals surface area (Å²) in [6, 6.07) is 0. The molecular formula is C9H17NO3. The lowest BCUT2D eigenvalue weighted by Crippen LogP contribution is -2.31. The molecule has 2 saturated heterocycles. The largest absolute Gasteiger partial charge is 0.381 e.